The highest BCUT2D eigenvalue weighted by Crippen LogP contribution is 2.11. The molecule has 3 N–H and O–H groups in total. The molecule has 4 nitrogen and oxygen atoms in total. The van der Waals surface area contributed by atoms with Crippen LogP contribution in [0.5, 0.6) is 0 Å². The van der Waals surface area contributed by atoms with Gasteiger partial charge < -0.3 is 11.1 Å². The third-order valence-electron chi connectivity index (χ3n) is 1.65. The SMILES string of the molecule is CS(=O)(=O)Cc1ccc(NC(N)=S)cc1. The van der Waals surface area contributed by atoms with Crippen molar-refractivity contribution in [2.45, 2.75) is 5.75 Å². The molecule has 1 aromatic rings. The molecule has 1 rings (SSSR count). The number of hydrogen-bond acceptors (Lipinski definition) is 3. The van der Waals surface area contributed by atoms with E-state index in [1.54, 1.807) is 24.3 Å². The second-order valence-electron chi connectivity index (χ2n) is 3.26. The van der Waals surface area contributed by atoms with Gasteiger partial charge in [0, 0.05) is 11.9 Å². The highest BCUT2D eigenvalue weighted by Gasteiger charge is 2.03. The van der Waals surface area contributed by atoms with E-state index in [1.165, 1.54) is 6.26 Å². The fraction of sp³-hybridized carbons (Fsp3) is 0.222. The van der Waals surface area contributed by atoms with Crippen LogP contribution in [0.3, 0.4) is 0 Å². The van der Waals surface area contributed by atoms with Crippen molar-refractivity contribution in [2.75, 3.05) is 11.6 Å². The molecule has 0 saturated heterocycles. The first-order chi connectivity index (χ1) is 6.87. The Morgan fingerprint density at radius 3 is 2.33 bits per heavy atom. The topological polar surface area (TPSA) is 72.2 Å². The summed E-state index contributed by atoms with van der Waals surface area (Å²) in [6.07, 6.45) is 1.20. The molecule has 15 heavy (non-hydrogen) atoms. The Morgan fingerprint density at radius 1 is 1.40 bits per heavy atom. The van der Waals surface area contributed by atoms with Crippen LogP contribution in [0.4, 0.5) is 5.69 Å². The lowest BCUT2D eigenvalue weighted by Gasteiger charge is -2.04. The Balaban J connectivity index is 2.77. The lowest BCUT2D eigenvalue weighted by Crippen LogP contribution is -2.18. The van der Waals surface area contributed by atoms with Gasteiger partial charge in [-0.3, -0.25) is 0 Å². The molecule has 0 saturated carbocycles. The molecule has 0 aromatic heterocycles. The van der Waals surface area contributed by atoms with Gasteiger partial charge in [-0.1, -0.05) is 12.1 Å². The summed E-state index contributed by atoms with van der Waals surface area (Å²) < 4.78 is 22.0. The second-order valence-corrected chi connectivity index (χ2v) is 5.84. The van der Waals surface area contributed by atoms with E-state index in [4.69, 9.17) is 5.73 Å². The Morgan fingerprint density at radius 2 is 1.93 bits per heavy atom. The summed E-state index contributed by atoms with van der Waals surface area (Å²) in [6, 6.07) is 6.92. The minimum Gasteiger partial charge on any atom is -0.376 e. The molecule has 0 bridgehead atoms. The standard InChI is InChI=1S/C9H12N2O2S2/c1-15(12,13)6-7-2-4-8(5-3-7)11-9(10)14/h2-5H,6H2,1H3,(H3,10,11,14). The maximum atomic E-state index is 11.0. The fourth-order valence-corrected chi connectivity index (χ4v) is 2.05. The minimum absolute atomic E-state index is 0.0420. The summed E-state index contributed by atoms with van der Waals surface area (Å²) in [5.41, 5.74) is 6.78. The van der Waals surface area contributed by atoms with Crippen molar-refractivity contribution < 1.29 is 8.42 Å². The Labute approximate surface area is 94.4 Å². The molecule has 0 aliphatic carbocycles. The first-order valence-electron chi connectivity index (χ1n) is 4.20. The van der Waals surface area contributed by atoms with Gasteiger partial charge in [-0.2, -0.15) is 0 Å². The van der Waals surface area contributed by atoms with E-state index in [0.29, 0.717) is 0 Å². The van der Waals surface area contributed by atoms with Crippen LogP contribution in [-0.2, 0) is 15.6 Å². The molecule has 0 unspecified atom stereocenters. The van der Waals surface area contributed by atoms with Crippen molar-refractivity contribution in [1.82, 2.24) is 0 Å². The average molecular weight is 244 g/mol. The van der Waals surface area contributed by atoms with Crippen molar-refractivity contribution in [3.05, 3.63) is 29.8 Å². The summed E-state index contributed by atoms with van der Waals surface area (Å²) in [5, 5.41) is 2.94. The van der Waals surface area contributed by atoms with Gasteiger partial charge in [0.2, 0.25) is 0 Å². The van der Waals surface area contributed by atoms with Crippen LogP contribution in [-0.4, -0.2) is 19.8 Å². The summed E-state index contributed by atoms with van der Waals surface area (Å²) in [6.45, 7) is 0. The van der Waals surface area contributed by atoms with Gasteiger partial charge >= 0.3 is 0 Å². The molecule has 6 heteroatoms. The van der Waals surface area contributed by atoms with Gasteiger partial charge in [0.25, 0.3) is 0 Å². The molecule has 0 heterocycles. The smallest absolute Gasteiger partial charge is 0.168 e. The van der Waals surface area contributed by atoms with Crippen LogP contribution in [0.15, 0.2) is 24.3 Å². The molecule has 0 fully saturated rings. The van der Waals surface area contributed by atoms with Gasteiger partial charge in [0.1, 0.15) is 0 Å². The van der Waals surface area contributed by atoms with Gasteiger partial charge in [-0.05, 0) is 29.9 Å². The van der Waals surface area contributed by atoms with Crippen LogP contribution >= 0.6 is 12.2 Å². The van der Waals surface area contributed by atoms with E-state index < -0.39 is 9.84 Å². The van der Waals surface area contributed by atoms with Crippen LogP contribution in [0, 0.1) is 0 Å². The Kier molecular flexibility index (Phi) is 3.65. The summed E-state index contributed by atoms with van der Waals surface area (Å²) in [5.74, 6) is 0.0420. The molecule has 0 radical (unpaired) electrons. The van der Waals surface area contributed by atoms with E-state index in [-0.39, 0.29) is 10.9 Å². The third kappa shape index (κ3) is 4.75. The molecule has 0 atom stereocenters. The van der Waals surface area contributed by atoms with Crippen LogP contribution in [0.1, 0.15) is 5.56 Å². The summed E-state index contributed by atoms with van der Waals surface area (Å²) in [7, 11) is -2.98. The summed E-state index contributed by atoms with van der Waals surface area (Å²) >= 11 is 4.67. The molecule has 0 aliphatic rings. The zero-order valence-corrected chi connectivity index (χ0v) is 9.86. The second kappa shape index (κ2) is 4.59. The molecule has 1 aromatic carbocycles. The van der Waals surface area contributed by atoms with Crippen molar-refractivity contribution in [3.63, 3.8) is 0 Å². The third-order valence-corrected chi connectivity index (χ3v) is 2.61. The van der Waals surface area contributed by atoms with Crippen LogP contribution < -0.4 is 11.1 Å². The molecular formula is C9H12N2O2S2. The number of benzene rings is 1. The number of nitrogens with two attached hydrogens (primary N) is 1. The van der Waals surface area contributed by atoms with Crippen molar-refractivity contribution >= 4 is 32.9 Å². The number of sulfone groups is 1. The number of nitrogens with one attached hydrogen (secondary N) is 1. The van der Waals surface area contributed by atoms with E-state index >= 15 is 0 Å². The van der Waals surface area contributed by atoms with Gasteiger partial charge in [0.05, 0.1) is 5.75 Å². The fourth-order valence-electron chi connectivity index (χ4n) is 1.13. The molecule has 0 spiro atoms. The van der Waals surface area contributed by atoms with Crippen molar-refractivity contribution in [2.24, 2.45) is 5.73 Å². The number of rotatable bonds is 3. The number of hydrogen-bond donors (Lipinski definition) is 2. The zero-order valence-electron chi connectivity index (χ0n) is 8.23. The highest BCUT2D eigenvalue weighted by atomic mass is 32.2. The Hall–Kier alpha value is -1.14. The first-order valence-corrected chi connectivity index (χ1v) is 6.67. The highest BCUT2D eigenvalue weighted by molar-refractivity contribution is 7.89. The zero-order chi connectivity index (χ0) is 11.5. The van der Waals surface area contributed by atoms with Gasteiger partial charge in [0.15, 0.2) is 14.9 Å². The number of thiocarbonyl (C=S) groups is 1. The quantitative estimate of drug-likeness (QED) is 0.772. The number of anilines is 1. The normalized spacial score (nSPS) is 11.0. The maximum absolute atomic E-state index is 11.0. The predicted octanol–water partition coefficient (Wildman–Crippen LogP) is 0.887. The van der Waals surface area contributed by atoms with E-state index in [1.807, 2.05) is 0 Å². The van der Waals surface area contributed by atoms with Gasteiger partial charge in [-0.25, -0.2) is 8.42 Å². The lowest BCUT2D eigenvalue weighted by molar-refractivity contribution is 0.601. The minimum atomic E-state index is -2.98. The summed E-state index contributed by atoms with van der Waals surface area (Å²) in [4.78, 5) is 0. The van der Waals surface area contributed by atoms with Crippen molar-refractivity contribution in [3.8, 4) is 0 Å². The largest absolute Gasteiger partial charge is 0.376 e. The maximum Gasteiger partial charge on any atom is 0.168 e. The molecule has 0 aliphatic heterocycles. The van der Waals surface area contributed by atoms with Crippen molar-refractivity contribution in [1.29, 1.82) is 0 Å². The van der Waals surface area contributed by atoms with E-state index in [9.17, 15) is 8.42 Å². The van der Waals surface area contributed by atoms with E-state index in [2.05, 4.69) is 17.5 Å². The molecular weight excluding hydrogens is 232 g/mol. The van der Waals surface area contributed by atoms with Crippen LogP contribution in [0.2, 0.25) is 0 Å². The Bertz CT molecular complexity index is 452. The van der Waals surface area contributed by atoms with Gasteiger partial charge in [-0.15, -0.1) is 0 Å². The lowest BCUT2D eigenvalue weighted by atomic mass is 10.2. The predicted molar refractivity (Wildman–Crippen MR) is 65.4 cm³/mol. The average Bonchev–Trinajstić information content (AvgIpc) is 2.05. The molecule has 82 valence electrons. The monoisotopic (exact) mass is 244 g/mol. The van der Waals surface area contributed by atoms with Crippen LogP contribution in [0.25, 0.3) is 0 Å². The first kappa shape index (κ1) is 11.9. The molecule has 0 amide bonds. The van der Waals surface area contributed by atoms with E-state index in [0.717, 1.165) is 11.3 Å².